The number of benzene rings is 2. The zero-order chi connectivity index (χ0) is 24.8. The maximum atomic E-state index is 5.90. The standard InChI is InChI=1S/C28H26N4O3S/c1-17-14-22(18(2)31(17)19-7-10-21(33-3)11-8-19)27-26(23-6-4-5-13-29-23)30-28(36)32(27)20-9-12-24-25(15-20)35-16-34-24/h4-15,26-27H,16H2,1-3H3,(H,30,36)/t26-,27-/m0/s1. The quantitative estimate of drug-likeness (QED) is 0.370. The van der Waals surface area contributed by atoms with Gasteiger partial charge in [0.1, 0.15) is 5.75 Å². The lowest BCUT2D eigenvalue weighted by Gasteiger charge is -2.28. The molecule has 182 valence electrons. The first-order chi connectivity index (χ1) is 17.5. The highest BCUT2D eigenvalue weighted by Gasteiger charge is 2.42. The van der Waals surface area contributed by atoms with Gasteiger partial charge in [-0.15, -0.1) is 0 Å². The maximum absolute atomic E-state index is 5.90. The van der Waals surface area contributed by atoms with Gasteiger partial charge in [-0.2, -0.15) is 0 Å². The summed E-state index contributed by atoms with van der Waals surface area (Å²) in [6.45, 7) is 4.51. The van der Waals surface area contributed by atoms with E-state index in [9.17, 15) is 0 Å². The van der Waals surface area contributed by atoms with Crippen molar-refractivity contribution in [3.63, 3.8) is 0 Å². The molecule has 4 heterocycles. The summed E-state index contributed by atoms with van der Waals surface area (Å²) in [5, 5.41) is 4.19. The SMILES string of the molecule is COc1ccc(-n2c(C)cc([C@H]3[C@H](c4ccccn4)NC(=S)N3c3ccc4c(c3)OCO4)c2C)cc1. The van der Waals surface area contributed by atoms with Gasteiger partial charge in [-0.25, -0.2) is 0 Å². The van der Waals surface area contributed by atoms with Crippen LogP contribution >= 0.6 is 12.2 Å². The molecule has 0 bridgehead atoms. The lowest BCUT2D eigenvalue weighted by Crippen LogP contribution is -2.29. The Kier molecular flexibility index (Phi) is 5.53. The Bertz CT molecular complexity index is 1440. The molecule has 2 aliphatic rings. The van der Waals surface area contributed by atoms with Gasteiger partial charge < -0.3 is 29.0 Å². The van der Waals surface area contributed by atoms with Gasteiger partial charge in [-0.05, 0) is 86.2 Å². The van der Waals surface area contributed by atoms with Crippen LogP contribution in [0.1, 0.15) is 34.7 Å². The lowest BCUT2D eigenvalue weighted by molar-refractivity contribution is 0.174. The molecular formula is C28H26N4O3S. The van der Waals surface area contributed by atoms with Crippen LogP contribution < -0.4 is 24.4 Å². The van der Waals surface area contributed by atoms with Crippen molar-refractivity contribution in [2.45, 2.75) is 25.9 Å². The minimum atomic E-state index is -0.131. The molecule has 2 atom stereocenters. The van der Waals surface area contributed by atoms with Crippen LogP contribution in [0.15, 0.2) is 72.9 Å². The number of ether oxygens (including phenoxy) is 3. The molecule has 6 rings (SSSR count). The highest BCUT2D eigenvalue weighted by atomic mass is 32.1. The van der Waals surface area contributed by atoms with Crippen molar-refractivity contribution < 1.29 is 14.2 Å². The summed E-state index contributed by atoms with van der Waals surface area (Å²) in [6.07, 6.45) is 1.82. The highest BCUT2D eigenvalue weighted by molar-refractivity contribution is 7.80. The number of thiocarbonyl (C=S) groups is 1. The molecule has 4 aromatic rings. The second-order valence-electron chi connectivity index (χ2n) is 8.89. The van der Waals surface area contributed by atoms with Crippen molar-refractivity contribution in [1.29, 1.82) is 0 Å². The molecule has 2 aliphatic heterocycles. The molecule has 2 aromatic carbocycles. The second kappa shape index (κ2) is 8.87. The minimum Gasteiger partial charge on any atom is -0.497 e. The number of hydrogen-bond donors (Lipinski definition) is 1. The number of rotatable bonds is 5. The van der Waals surface area contributed by atoms with Crippen LogP contribution in [-0.2, 0) is 0 Å². The van der Waals surface area contributed by atoms with Gasteiger partial charge in [0.25, 0.3) is 0 Å². The molecule has 7 nitrogen and oxygen atoms in total. The summed E-state index contributed by atoms with van der Waals surface area (Å²) in [5.74, 6) is 2.29. The second-order valence-corrected chi connectivity index (χ2v) is 9.28. The van der Waals surface area contributed by atoms with Gasteiger partial charge in [0.2, 0.25) is 6.79 Å². The summed E-state index contributed by atoms with van der Waals surface area (Å²) >= 11 is 5.90. The fraction of sp³-hybridized carbons (Fsp3) is 0.214. The van der Waals surface area contributed by atoms with Crippen LogP contribution in [0.5, 0.6) is 17.2 Å². The molecule has 0 spiro atoms. The van der Waals surface area contributed by atoms with Crippen LogP contribution in [0.25, 0.3) is 5.69 Å². The molecule has 1 N–H and O–H groups in total. The molecule has 0 radical (unpaired) electrons. The van der Waals surface area contributed by atoms with Crippen molar-refractivity contribution in [2.24, 2.45) is 0 Å². The minimum absolute atomic E-state index is 0.119. The van der Waals surface area contributed by atoms with E-state index >= 15 is 0 Å². The van der Waals surface area contributed by atoms with Crippen LogP contribution in [0.3, 0.4) is 0 Å². The lowest BCUT2D eigenvalue weighted by atomic mass is 9.96. The van der Waals surface area contributed by atoms with Crippen molar-refractivity contribution in [1.82, 2.24) is 14.9 Å². The Morgan fingerprint density at radius 2 is 1.75 bits per heavy atom. The summed E-state index contributed by atoms with van der Waals surface area (Å²) in [6, 6.07) is 22.0. The Balaban J connectivity index is 1.49. The van der Waals surface area contributed by atoms with Crippen molar-refractivity contribution in [2.75, 3.05) is 18.8 Å². The molecule has 0 saturated carbocycles. The summed E-state index contributed by atoms with van der Waals surface area (Å²) in [4.78, 5) is 6.84. The van der Waals surface area contributed by atoms with Crippen LogP contribution in [0.2, 0.25) is 0 Å². The number of methoxy groups -OCH3 is 1. The molecule has 0 amide bonds. The number of nitrogens with one attached hydrogen (secondary N) is 1. The number of nitrogens with zero attached hydrogens (tertiary/aromatic N) is 3. The van der Waals surface area contributed by atoms with Gasteiger partial charge >= 0.3 is 0 Å². The summed E-state index contributed by atoms with van der Waals surface area (Å²) in [5.41, 5.74) is 6.40. The number of hydrogen-bond acceptors (Lipinski definition) is 5. The van der Waals surface area contributed by atoms with Crippen molar-refractivity contribution >= 4 is 23.0 Å². The number of aromatic nitrogens is 2. The molecule has 0 aliphatic carbocycles. The molecule has 2 aromatic heterocycles. The molecular weight excluding hydrogens is 472 g/mol. The largest absolute Gasteiger partial charge is 0.497 e. The topological polar surface area (TPSA) is 60.8 Å². The third kappa shape index (κ3) is 3.65. The Labute approximate surface area is 215 Å². The Morgan fingerprint density at radius 3 is 2.50 bits per heavy atom. The number of aryl methyl sites for hydroxylation is 1. The van der Waals surface area contributed by atoms with Gasteiger partial charge in [-0.1, -0.05) is 6.07 Å². The van der Waals surface area contributed by atoms with E-state index in [2.05, 4.69) is 51.8 Å². The predicted molar refractivity (Wildman–Crippen MR) is 142 cm³/mol. The molecule has 36 heavy (non-hydrogen) atoms. The maximum Gasteiger partial charge on any atom is 0.231 e. The fourth-order valence-electron chi connectivity index (χ4n) is 5.20. The van der Waals surface area contributed by atoms with E-state index in [-0.39, 0.29) is 18.9 Å². The van der Waals surface area contributed by atoms with E-state index in [0.29, 0.717) is 5.11 Å². The van der Waals surface area contributed by atoms with Crippen LogP contribution in [0, 0.1) is 13.8 Å². The third-order valence-corrected chi connectivity index (χ3v) is 7.17. The zero-order valence-electron chi connectivity index (χ0n) is 20.3. The molecule has 0 unspecified atom stereocenters. The number of fused-ring (bicyclic) bond motifs is 1. The Hall–Kier alpha value is -4.04. The molecule has 1 saturated heterocycles. The monoisotopic (exact) mass is 498 g/mol. The number of anilines is 1. The van der Waals surface area contributed by atoms with Crippen molar-refractivity contribution in [3.05, 3.63) is 95.6 Å². The van der Waals surface area contributed by atoms with Crippen molar-refractivity contribution in [3.8, 4) is 22.9 Å². The Morgan fingerprint density at radius 1 is 0.972 bits per heavy atom. The van der Waals surface area contributed by atoms with E-state index < -0.39 is 0 Å². The smallest absolute Gasteiger partial charge is 0.231 e. The van der Waals surface area contributed by atoms with Gasteiger partial charge in [-0.3, -0.25) is 4.98 Å². The van der Waals surface area contributed by atoms with E-state index in [1.54, 1.807) is 7.11 Å². The molecule has 8 heteroatoms. The summed E-state index contributed by atoms with van der Waals surface area (Å²) < 4.78 is 18.8. The normalized spacial score (nSPS) is 18.4. The first kappa shape index (κ1) is 22.4. The fourth-order valence-corrected chi connectivity index (χ4v) is 5.55. The molecule has 1 fully saturated rings. The van der Waals surface area contributed by atoms with Gasteiger partial charge in [0.15, 0.2) is 16.6 Å². The van der Waals surface area contributed by atoms with E-state index in [4.69, 9.17) is 26.4 Å². The number of pyridine rings is 1. The van der Waals surface area contributed by atoms with Gasteiger partial charge in [0, 0.05) is 35.0 Å². The van der Waals surface area contributed by atoms with Gasteiger partial charge in [0.05, 0.1) is 24.9 Å². The van der Waals surface area contributed by atoms with E-state index in [1.807, 2.05) is 54.7 Å². The third-order valence-electron chi connectivity index (χ3n) is 6.85. The zero-order valence-corrected chi connectivity index (χ0v) is 21.1. The van der Waals surface area contributed by atoms with E-state index in [1.165, 1.54) is 5.56 Å². The summed E-state index contributed by atoms with van der Waals surface area (Å²) in [7, 11) is 1.68. The first-order valence-corrected chi connectivity index (χ1v) is 12.2. The average molecular weight is 499 g/mol. The average Bonchev–Trinajstić information content (AvgIpc) is 3.59. The van der Waals surface area contributed by atoms with Crippen LogP contribution in [-0.4, -0.2) is 28.6 Å². The predicted octanol–water partition coefficient (Wildman–Crippen LogP) is 5.40. The first-order valence-electron chi connectivity index (χ1n) is 11.8. The van der Waals surface area contributed by atoms with E-state index in [0.717, 1.165) is 45.7 Å². The highest BCUT2D eigenvalue weighted by Crippen LogP contribution is 2.46. The van der Waals surface area contributed by atoms with Crippen LogP contribution in [0.4, 0.5) is 5.69 Å².